The summed E-state index contributed by atoms with van der Waals surface area (Å²) < 4.78 is 3.32. The molecule has 2 aromatic heterocycles. The lowest BCUT2D eigenvalue weighted by molar-refractivity contribution is 0.0682. The summed E-state index contributed by atoms with van der Waals surface area (Å²) in [5, 5.41) is 18.1. The van der Waals surface area contributed by atoms with Crippen LogP contribution in [0.15, 0.2) is 6.07 Å². The van der Waals surface area contributed by atoms with Gasteiger partial charge in [0.05, 0.1) is 11.4 Å². The maximum absolute atomic E-state index is 11.6. The van der Waals surface area contributed by atoms with E-state index in [1.54, 1.807) is 16.3 Å². The number of unbranched alkanes of at least 4 members (excludes halogenated alkanes) is 2. The molecule has 2 rings (SSSR count). The number of carbonyl (C=O) groups is 2. The van der Waals surface area contributed by atoms with Gasteiger partial charge in [0.15, 0.2) is 5.78 Å². The van der Waals surface area contributed by atoms with Crippen LogP contribution in [-0.2, 0) is 19.5 Å². The number of Topliss-reactive ketones (excluding diaryl/α,β-unsaturated/α-hetero) is 1. The predicted octanol–water partition coefficient (Wildman–Crippen LogP) is 3.03. The third kappa shape index (κ3) is 4.35. The van der Waals surface area contributed by atoms with Gasteiger partial charge in [0.1, 0.15) is 11.4 Å². The van der Waals surface area contributed by atoms with Gasteiger partial charge in [-0.15, -0.1) is 0 Å². The van der Waals surface area contributed by atoms with Crippen molar-refractivity contribution >= 4 is 11.8 Å². The molecule has 7 heteroatoms. The number of carboxylic acid groups (broad SMARTS) is 1. The number of hydrogen-bond acceptors (Lipinski definition) is 4. The van der Waals surface area contributed by atoms with Crippen molar-refractivity contribution in [3.05, 3.63) is 34.4 Å². The number of aryl methyl sites for hydroxylation is 4. The molecule has 0 aliphatic rings. The lowest BCUT2D eigenvalue weighted by Gasteiger charge is -2.06. The molecule has 25 heavy (non-hydrogen) atoms. The Hall–Kier alpha value is -2.44. The molecule has 2 aromatic rings. The summed E-state index contributed by atoms with van der Waals surface area (Å²) in [6.07, 6.45) is 3.41. The first kappa shape index (κ1) is 18.9. The molecule has 136 valence electrons. The Bertz CT molecular complexity index is 774. The number of rotatable bonds is 9. The summed E-state index contributed by atoms with van der Waals surface area (Å²) in [5.74, 6) is -0.898. The minimum absolute atomic E-state index is 0.0225. The van der Waals surface area contributed by atoms with Crippen molar-refractivity contribution in [2.75, 3.05) is 0 Å². The fraction of sp³-hybridized carbons (Fsp3) is 0.556. The molecule has 0 saturated heterocycles. The summed E-state index contributed by atoms with van der Waals surface area (Å²) in [6.45, 7) is 8.43. The van der Waals surface area contributed by atoms with Crippen LogP contribution in [-0.4, -0.2) is 36.4 Å². The van der Waals surface area contributed by atoms with Crippen molar-refractivity contribution in [1.82, 2.24) is 19.6 Å². The molecule has 0 amide bonds. The minimum Gasteiger partial charge on any atom is -0.477 e. The van der Waals surface area contributed by atoms with E-state index in [2.05, 4.69) is 10.2 Å². The molecule has 0 saturated carbocycles. The van der Waals surface area contributed by atoms with Gasteiger partial charge in [-0.2, -0.15) is 10.2 Å². The van der Waals surface area contributed by atoms with Crippen LogP contribution in [0.2, 0.25) is 0 Å². The number of ketones is 1. The molecule has 0 aliphatic carbocycles. The van der Waals surface area contributed by atoms with Crippen LogP contribution in [0.3, 0.4) is 0 Å². The van der Waals surface area contributed by atoms with Crippen LogP contribution in [0.5, 0.6) is 0 Å². The summed E-state index contributed by atoms with van der Waals surface area (Å²) in [5.41, 5.74) is 3.42. The number of carboxylic acids is 1. The number of nitrogens with zero attached hydrogens (tertiary/aromatic N) is 4. The Labute approximate surface area is 147 Å². The maximum atomic E-state index is 11.6. The topological polar surface area (TPSA) is 90.0 Å². The first-order chi connectivity index (χ1) is 11.8. The van der Waals surface area contributed by atoms with Crippen LogP contribution in [0.1, 0.15) is 71.0 Å². The molecule has 1 N–H and O–H groups in total. The van der Waals surface area contributed by atoms with Gasteiger partial charge >= 0.3 is 5.97 Å². The normalized spacial score (nSPS) is 11.0. The fourth-order valence-corrected chi connectivity index (χ4v) is 3.13. The van der Waals surface area contributed by atoms with E-state index in [4.69, 9.17) is 0 Å². The number of aromatic nitrogens is 4. The van der Waals surface area contributed by atoms with Crippen LogP contribution < -0.4 is 0 Å². The molecule has 0 bridgehead atoms. The largest absolute Gasteiger partial charge is 0.477 e. The van der Waals surface area contributed by atoms with E-state index < -0.39 is 5.97 Å². The van der Waals surface area contributed by atoms with Gasteiger partial charge < -0.3 is 5.11 Å². The lowest BCUT2D eigenvalue weighted by atomic mass is 10.0. The number of hydrogen-bond donors (Lipinski definition) is 1. The first-order valence-electron chi connectivity index (χ1n) is 8.70. The highest BCUT2D eigenvalue weighted by Gasteiger charge is 2.19. The van der Waals surface area contributed by atoms with Crippen molar-refractivity contribution in [3.63, 3.8) is 0 Å². The number of aromatic carboxylic acids is 1. The zero-order chi connectivity index (χ0) is 18.6. The lowest BCUT2D eigenvalue weighted by Crippen LogP contribution is -2.11. The average Bonchev–Trinajstić information content (AvgIpc) is 3.07. The molecular formula is C18H26N4O3. The van der Waals surface area contributed by atoms with E-state index in [0.717, 1.165) is 36.2 Å². The Kier molecular flexibility index (Phi) is 6.12. The predicted molar refractivity (Wildman–Crippen MR) is 94.1 cm³/mol. The van der Waals surface area contributed by atoms with Gasteiger partial charge in [-0.05, 0) is 46.1 Å². The van der Waals surface area contributed by atoms with Gasteiger partial charge in [0.25, 0.3) is 0 Å². The van der Waals surface area contributed by atoms with E-state index in [1.807, 2.05) is 26.8 Å². The maximum Gasteiger partial charge on any atom is 0.354 e. The molecule has 0 unspecified atom stereocenters. The highest BCUT2D eigenvalue weighted by Crippen LogP contribution is 2.18. The molecule has 0 atom stereocenters. The monoisotopic (exact) mass is 346 g/mol. The third-order valence-corrected chi connectivity index (χ3v) is 4.31. The van der Waals surface area contributed by atoms with Crippen LogP contribution in [0.4, 0.5) is 0 Å². The molecule has 0 aromatic carbocycles. The highest BCUT2D eigenvalue weighted by molar-refractivity contribution is 5.92. The van der Waals surface area contributed by atoms with E-state index in [-0.39, 0.29) is 5.78 Å². The summed E-state index contributed by atoms with van der Waals surface area (Å²) >= 11 is 0. The molecule has 2 heterocycles. The van der Waals surface area contributed by atoms with E-state index in [0.29, 0.717) is 30.9 Å². The quantitative estimate of drug-likeness (QED) is 0.557. The van der Waals surface area contributed by atoms with Gasteiger partial charge in [-0.3, -0.25) is 14.2 Å². The Morgan fingerprint density at radius 3 is 2.44 bits per heavy atom. The van der Waals surface area contributed by atoms with Gasteiger partial charge in [0, 0.05) is 25.6 Å². The van der Waals surface area contributed by atoms with E-state index in [1.165, 1.54) is 0 Å². The van der Waals surface area contributed by atoms with Gasteiger partial charge in [-0.1, -0.05) is 6.42 Å². The molecular weight excluding hydrogens is 320 g/mol. The number of carbonyl (C=O) groups excluding carboxylic acids is 1. The average molecular weight is 346 g/mol. The first-order valence-corrected chi connectivity index (χ1v) is 8.70. The van der Waals surface area contributed by atoms with E-state index in [9.17, 15) is 14.7 Å². The summed E-state index contributed by atoms with van der Waals surface area (Å²) in [4.78, 5) is 23.1. The molecule has 0 spiro atoms. The van der Waals surface area contributed by atoms with Gasteiger partial charge in [0.2, 0.25) is 0 Å². The van der Waals surface area contributed by atoms with Crippen molar-refractivity contribution < 1.29 is 14.7 Å². The SMILES string of the molecule is CCn1nc(C)c(CCCCCn2nc(C)cc2C(C)=O)c1C(=O)O. The summed E-state index contributed by atoms with van der Waals surface area (Å²) in [7, 11) is 0. The van der Waals surface area contributed by atoms with Crippen molar-refractivity contribution in [1.29, 1.82) is 0 Å². The molecule has 7 nitrogen and oxygen atoms in total. The second-order valence-corrected chi connectivity index (χ2v) is 6.29. The van der Waals surface area contributed by atoms with Crippen LogP contribution in [0.25, 0.3) is 0 Å². The zero-order valence-electron chi connectivity index (χ0n) is 15.4. The zero-order valence-corrected chi connectivity index (χ0v) is 15.4. The highest BCUT2D eigenvalue weighted by atomic mass is 16.4. The Balaban J connectivity index is 1.91. The minimum atomic E-state index is -0.921. The molecule has 0 aliphatic heterocycles. The fourth-order valence-electron chi connectivity index (χ4n) is 3.13. The smallest absolute Gasteiger partial charge is 0.354 e. The van der Waals surface area contributed by atoms with Crippen molar-refractivity contribution in [2.45, 2.75) is 66.5 Å². The molecule has 0 fully saturated rings. The second kappa shape index (κ2) is 8.09. The van der Waals surface area contributed by atoms with Crippen molar-refractivity contribution in [3.8, 4) is 0 Å². The third-order valence-electron chi connectivity index (χ3n) is 4.31. The summed E-state index contributed by atoms with van der Waals surface area (Å²) in [6, 6.07) is 1.81. The standard InChI is InChI=1S/C18H26N4O3/c1-5-21-17(18(24)25)15(13(3)20-21)9-7-6-8-10-22-16(14(4)23)11-12(2)19-22/h11H,5-10H2,1-4H3,(H,24,25). The van der Waals surface area contributed by atoms with Crippen molar-refractivity contribution in [2.24, 2.45) is 0 Å². The van der Waals surface area contributed by atoms with Crippen LogP contribution >= 0.6 is 0 Å². The Morgan fingerprint density at radius 2 is 1.84 bits per heavy atom. The van der Waals surface area contributed by atoms with Gasteiger partial charge in [-0.25, -0.2) is 4.79 Å². The van der Waals surface area contributed by atoms with Crippen LogP contribution in [0, 0.1) is 13.8 Å². The van der Waals surface area contributed by atoms with E-state index >= 15 is 0 Å². The molecule has 0 radical (unpaired) electrons. The second-order valence-electron chi connectivity index (χ2n) is 6.29. The Morgan fingerprint density at radius 1 is 1.12 bits per heavy atom.